The third-order valence-corrected chi connectivity index (χ3v) is 13.0. The molecular weight excluding hydrogens is 832 g/mol. The molecule has 0 aliphatic carbocycles. The van der Waals surface area contributed by atoms with E-state index in [0.717, 1.165) is 96.3 Å². The highest BCUT2D eigenvalue weighted by Gasteiger charge is 2.27. The lowest BCUT2D eigenvalue weighted by molar-refractivity contribution is -0.870. The fourth-order valence-corrected chi connectivity index (χ4v) is 8.45. The number of allylic oxidation sites excluding steroid dienone is 5. The van der Waals surface area contributed by atoms with Crippen molar-refractivity contribution in [3.63, 3.8) is 0 Å². The number of nitrogens with zero attached hydrogens (tertiary/aromatic N) is 1. The number of carbonyl (C=O) groups excluding carboxylic acids is 2. The molecule has 0 rings (SSSR count). The van der Waals surface area contributed by atoms with Crippen molar-refractivity contribution in [2.75, 3.05) is 40.9 Å². The Hall–Kier alpha value is -1.77. The van der Waals surface area contributed by atoms with E-state index in [1.807, 2.05) is 33.3 Å². The van der Waals surface area contributed by atoms with Crippen LogP contribution in [0, 0.1) is 0 Å². The van der Waals surface area contributed by atoms with Crippen molar-refractivity contribution in [1.29, 1.82) is 0 Å². The van der Waals surface area contributed by atoms with Gasteiger partial charge in [0.25, 0.3) is 7.82 Å². The number of phosphoric acid groups is 1. The molecule has 0 fully saturated rings. The summed E-state index contributed by atoms with van der Waals surface area (Å²) in [7, 11) is 1.18. The van der Waals surface area contributed by atoms with Crippen LogP contribution >= 0.6 is 7.82 Å². The maximum Gasteiger partial charge on any atom is 0.306 e. The predicted molar refractivity (Wildman–Crippen MR) is 275 cm³/mol. The van der Waals surface area contributed by atoms with E-state index in [-0.39, 0.29) is 24.9 Å². The zero-order chi connectivity index (χ0) is 48.0. The highest BCUT2D eigenvalue weighted by atomic mass is 31.2. The van der Waals surface area contributed by atoms with Gasteiger partial charge in [0.15, 0.2) is 0 Å². The summed E-state index contributed by atoms with van der Waals surface area (Å²) in [4.78, 5) is 39.7. The number of phosphoric ester groups is 1. The summed E-state index contributed by atoms with van der Waals surface area (Å²) < 4.78 is 30.1. The van der Waals surface area contributed by atoms with Crippen LogP contribution in [0.15, 0.2) is 36.5 Å². The van der Waals surface area contributed by atoms with Gasteiger partial charge in [-0.3, -0.25) is 14.2 Å². The summed E-state index contributed by atoms with van der Waals surface area (Å²) in [6, 6.07) is -0.889. The molecule has 10 heteroatoms. The molecule has 0 radical (unpaired) electrons. The number of unbranched alkanes of at least 4 members (excludes halogenated alkanes) is 29. The van der Waals surface area contributed by atoms with E-state index in [1.54, 1.807) is 0 Å². The van der Waals surface area contributed by atoms with Gasteiger partial charge in [0.1, 0.15) is 19.3 Å². The molecule has 0 aromatic carbocycles. The lowest BCUT2D eigenvalue weighted by Gasteiger charge is -2.30. The van der Waals surface area contributed by atoms with Crippen LogP contribution in [0.25, 0.3) is 0 Å². The number of likely N-dealkylation sites (N-methyl/N-ethyl adjacent to an activating group) is 1. The van der Waals surface area contributed by atoms with Crippen molar-refractivity contribution in [3.05, 3.63) is 36.5 Å². The third kappa shape index (κ3) is 47.1. The smallest absolute Gasteiger partial charge is 0.306 e. The van der Waals surface area contributed by atoms with Gasteiger partial charge in [-0.2, -0.15) is 0 Å². The molecule has 0 saturated carbocycles. The van der Waals surface area contributed by atoms with Gasteiger partial charge in [-0.05, 0) is 76.7 Å². The van der Waals surface area contributed by atoms with E-state index in [2.05, 4.69) is 50.4 Å². The zero-order valence-electron chi connectivity index (χ0n) is 43.4. The minimum Gasteiger partial charge on any atom is -0.756 e. The van der Waals surface area contributed by atoms with Gasteiger partial charge in [0.05, 0.1) is 33.8 Å². The van der Waals surface area contributed by atoms with Gasteiger partial charge in [-0.15, -0.1) is 0 Å². The first-order valence-corrected chi connectivity index (χ1v) is 28.8. The maximum atomic E-state index is 13.4. The molecular formula is C55H105N2O7P. The number of hydrogen-bond acceptors (Lipinski definition) is 7. The number of ether oxygens (including phenoxy) is 1. The summed E-state index contributed by atoms with van der Waals surface area (Å²) >= 11 is 0. The molecule has 3 atom stereocenters. The van der Waals surface area contributed by atoms with Crippen molar-refractivity contribution in [1.82, 2.24) is 5.32 Å². The van der Waals surface area contributed by atoms with Crippen LogP contribution in [0.3, 0.4) is 0 Å². The molecule has 1 amide bonds. The lowest BCUT2D eigenvalue weighted by atomic mass is 10.0. The molecule has 3 unspecified atom stereocenters. The number of hydrogen-bond donors (Lipinski definition) is 1. The molecule has 0 aliphatic rings. The standard InChI is InChI=1S/C55H105N2O7P/c1-7-10-13-16-19-22-25-27-28-30-33-36-39-42-45-48-55(59)64-53(46-43-40-37-34-32-29-26-23-20-17-14-11-8-2)52(51-63-65(60,61)62-50-49-57(4,5)6)56-54(58)47-44-41-38-35-31-24-21-18-15-12-9-3/h18,21-22,25,43,46,52-53H,7-17,19-20,23-24,26-42,44-45,47-51H2,1-6H3,(H-,56,58,60,61)/b21-18-,25-22-,46-43+. The second-order valence-corrected chi connectivity index (χ2v) is 21.1. The molecule has 0 aliphatic heterocycles. The maximum absolute atomic E-state index is 13.4. The van der Waals surface area contributed by atoms with Gasteiger partial charge < -0.3 is 28.5 Å². The molecule has 0 spiro atoms. The monoisotopic (exact) mass is 937 g/mol. The van der Waals surface area contributed by atoms with Gasteiger partial charge in [0.2, 0.25) is 5.91 Å². The van der Waals surface area contributed by atoms with E-state index in [1.165, 1.54) is 122 Å². The molecule has 9 nitrogen and oxygen atoms in total. The summed E-state index contributed by atoms with van der Waals surface area (Å²) in [6.07, 6.45) is 52.4. The number of esters is 1. The van der Waals surface area contributed by atoms with Crippen LogP contribution in [0.2, 0.25) is 0 Å². The van der Waals surface area contributed by atoms with Crippen molar-refractivity contribution < 1.29 is 37.3 Å². The van der Waals surface area contributed by atoms with E-state index in [0.29, 0.717) is 17.4 Å². The third-order valence-electron chi connectivity index (χ3n) is 12.0. The topological polar surface area (TPSA) is 114 Å². The minimum atomic E-state index is -4.69. The van der Waals surface area contributed by atoms with Crippen molar-refractivity contribution in [2.45, 2.75) is 264 Å². The predicted octanol–water partition coefficient (Wildman–Crippen LogP) is 15.4. The van der Waals surface area contributed by atoms with Crippen LogP contribution in [-0.2, 0) is 27.9 Å². The number of rotatable bonds is 49. The Morgan fingerprint density at radius 2 is 0.908 bits per heavy atom. The highest BCUT2D eigenvalue weighted by molar-refractivity contribution is 7.45. The fraction of sp³-hybridized carbons (Fsp3) is 0.855. The normalized spacial score (nSPS) is 14.1. The van der Waals surface area contributed by atoms with Crippen LogP contribution in [0.4, 0.5) is 0 Å². The Balaban J connectivity index is 5.41. The Kier molecular flexibility index (Phi) is 44.7. The average molecular weight is 937 g/mol. The van der Waals surface area contributed by atoms with Gasteiger partial charge in [-0.25, -0.2) is 0 Å². The molecule has 0 heterocycles. The molecule has 0 saturated heterocycles. The van der Waals surface area contributed by atoms with Crippen LogP contribution in [-0.4, -0.2) is 69.4 Å². The molecule has 382 valence electrons. The number of amides is 1. The van der Waals surface area contributed by atoms with Gasteiger partial charge in [0, 0.05) is 12.8 Å². The second-order valence-electron chi connectivity index (χ2n) is 19.7. The lowest BCUT2D eigenvalue weighted by Crippen LogP contribution is -2.47. The number of carbonyl (C=O) groups is 2. The van der Waals surface area contributed by atoms with E-state index >= 15 is 0 Å². The summed E-state index contributed by atoms with van der Waals surface area (Å²) in [5.41, 5.74) is 0. The summed E-state index contributed by atoms with van der Waals surface area (Å²) in [5.74, 6) is -0.554. The summed E-state index contributed by atoms with van der Waals surface area (Å²) in [6.45, 7) is 6.78. The first-order chi connectivity index (χ1) is 31.4. The molecule has 0 aromatic rings. The Morgan fingerprint density at radius 1 is 0.523 bits per heavy atom. The first kappa shape index (κ1) is 63.2. The Bertz CT molecular complexity index is 1220. The highest BCUT2D eigenvalue weighted by Crippen LogP contribution is 2.38. The second kappa shape index (κ2) is 46.0. The van der Waals surface area contributed by atoms with Crippen LogP contribution in [0.5, 0.6) is 0 Å². The zero-order valence-corrected chi connectivity index (χ0v) is 44.3. The van der Waals surface area contributed by atoms with Crippen molar-refractivity contribution in [2.24, 2.45) is 0 Å². The minimum absolute atomic E-state index is 0.0235. The molecule has 0 aromatic heterocycles. The van der Waals surface area contributed by atoms with E-state index in [9.17, 15) is 19.0 Å². The van der Waals surface area contributed by atoms with Crippen LogP contribution < -0.4 is 10.2 Å². The average Bonchev–Trinajstić information content (AvgIpc) is 3.26. The van der Waals surface area contributed by atoms with Crippen molar-refractivity contribution in [3.8, 4) is 0 Å². The molecule has 0 bridgehead atoms. The van der Waals surface area contributed by atoms with Gasteiger partial charge >= 0.3 is 5.97 Å². The molecule has 65 heavy (non-hydrogen) atoms. The van der Waals surface area contributed by atoms with Crippen molar-refractivity contribution >= 4 is 19.7 Å². The number of quaternary nitrogens is 1. The SMILES string of the molecule is CCCC/C=C\CCCCCCCC(=O)NC(COP(=O)([O-])OCC[N+](C)(C)C)C(/C=C/CCCCCCCCCCCCC)OC(=O)CCCCCCCCC/C=C\CCCCCC. The van der Waals surface area contributed by atoms with Crippen LogP contribution in [0.1, 0.15) is 252 Å². The largest absolute Gasteiger partial charge is 0.756 e. The van der Waals surface area contributed by atoms with E-state index < -0.39 is 26.6 Å². The Morgan fingerprint density at radius 3 is 1.37 bits per heavy atom. The summed E-state index contributed by atoms with van der Waals surface area (Å²) in [5, 5.41) is 3.01. The quantitative estimate of drug-likeness (QED) is 0.0212. The first-order valence-electron chi connectivity index (χ1n) is 27.3. The van der Waals surface area contributed by atoms with E-state index in [4.69, 9.17) is 13.8 Å². The fourth-order valence-electron chi connectivity index (χ4n) is 7.73. The van der Waals surface area contributed by atoms with Gasteiger partial charge in [-0.1, -0.05) is 199 Å². The molecule has 1 N–H and O–H groups in total. The Labute approximate surface area is 402 Å². The number of nitrogens with one attached hydrogen (secondary N) is 1.